The van der Waals surface area contributed by atoms with E-state index in [4.69, 9.17) is 9.47 Å². The fourth-order valence-electron chi connectivity index (χ4n) is 3.00. The molecule has 0 saturated carbocycles. The van der Waals surface area contributed by atoms with Gasteiger partial charge in [-0.15, -0.1) is 0 Å². The molecule has 0 aliphatic carbocycles. The van der Waals surface area contributed by atoms with E-state index in [9.17, 15) is 18.0 Å². The predicted octanol–water partition coefficient (Wildman–Crippen LogP) is 1.68. The molecule has 0 N–H and O–H groups in total. The number of hydrogen-bond acceptors (Lipinski definition) is 6. The van der Waals surface area contributed by atoms with Crippen LogP contribution < -0.4 is 4.74 Å². The van der Waals surface area contributed by atoms with Crippen molar-refractivity contribution in [1.82, 2.24) is 4.90 Å². The van der Waals surface area contributed by atoms with Gasteiger partial charge in [-0.05, 0) is 25.0 Å². The quantitative estimate of drug-likeness (QED) is 0.491. The van der Waals surface area contributed by atoms with Gasteiger partial charge >= 0.3 is 5.97 Å². The lowest BCUT2D eigenvalue weighted by molar-refractivity contribution is -0.149. The zero-order valence-corrected chi connectivity index (χ0v) is 16.4. The molecule has 1 fully saturated rings. The van der Waals surface area contributed by atoms with Crippen molar-refractivity contribution in [1.29, 1.82) is 0 Å². The van der Waals surface area contributed by atoms with E-state index in [1.807, 2.05) is 19.1 Å². The number of ether oxygens (including phenoxy) is 2. The van der Waals surface area contributed by atoms with Crippen molar-refractivity contribution in [3.63, 3.8) is 0 Å². The molecule has 1 aliphatic rings. The zero-order chi connectivity index (χ0) is 19.9. The predicted molar refractivity (Wildman–Crippen MR) is 102 cm³/mol. The highest BCUT2D eigenvalue weighted by Crippen LogP contribution is 2.19. The Labute approximate surface area is 159 Å². The summed E-state index contributed by atoms with van der Waals surface area (Å²) in [6.45, 7) is 1.94. The van der Waals surface area contributed by atoms with E-state index in [-0.39, 0.29) is 23.5 Å². The smallest absolute Gasteiger partial charge is 0.331 e. The summed E-state index contributed by atoms with van der Waals surface area (Å²) in [5.41, 5.74) is 0.715. The van der Waals surface area contributed by atoms with Crippen LogP contribution in [0, 0.1) is 0 Å². The molecule has 1 aromatic rings. The normalized spacial score (nSPS) is 18.4. The fraction of sp³-hybridized carbons (Fsp3) is 0.474. The van der Waals surface area contributed by atoms with Gasteiger partial charge in [0.15, 0.2) is 16.4 Å². The Morgan fingerprint density at radius 2 is 2.04 bits per heavy atom. The second kappa shape index (κ2) is 9.55. The van der Waals surface area contributed by atoms with E-state index < -0.39 is 22.4 Å². The molecule has 7 nitrogen and oxygen atoms in total. The molecule has 1 amide bonds. The van der Waals surface area contributed by atoms with E-state index in [1.54, 1.807) is 18.2 Å². The van der Waals surface area contributed by atoms with Crippen molar-refractivity contribution in [3.05, 3.63) is 35.9 Å². The van der Waals surface area contributed by atoms with Gasteiger partial charge in [0.2, 0.25) is 0 Å². The number of esters is 1. The molecule has 0 aromatic heterocycles. The minimum atomic E-state index is -3.09. The van der Waals surface area contributed by atoms with Gasteiger partial charge in [0.05, 0.1) is 18.6 Å². The first-order valence-electron chi connectivity index (χ1n) is 8.84. The Balaban J connectivity index is 1.92. The minimum Gasteiger partial charge on any atom is -0.496 e. The van der Waals surface area contributed by atoms with Crippen molar-refractivity contribution in [2.24, 2.45) is 0 Å². The summed E-state index contributed by atoms with van der Waals surface area (Å²) in [6.07, 6.45) is 3.91. The van der Waals surface area contributed by atoms with Crippen molar-refractivity contribution in [2.45, 2.75) is 25.8 Å². The molecule has 1 heterocycles. The maximum absolute atomic E-state index is 12.4. The third kappa shape index (κ3) is 6.09. The molecule has 2 rings (SSSR count). The van der Waals surface area contributed by atoms with Crippen LogP contribution in [0.3, 0.4) is 0 Å². The summed E-state index contributed by atoms with van der Waals surface area (Å²) in [4.78, 5) is 25.8. The van der Waals surface area contributed by atoms with Crippen LogP contribution in [0.5, 0.6) is 5.75 Å². The van der Waals surface area contributed by atoms with Gasteiger partial charge < -0.3 is 14.4 Å². The first kappa shape index (κ1) is 21.0. The molecule has 0 spiro atoms. The molecule has 0 radical (unpaired) electrons. The molecular formula is C19H25NO6S. The largest absolute Gasteiger partial charge is 0.496 e. The van der Waals surface area contributed by atoms with Crippen LogP contribution in [-0.4, -0.2) is 63.0 Å². The molecule has 1 aliphatic heterocycles. The van der Waals surface area contributed by atoms with Crippen LogP contribution in [-0.2, 0) is 24.2 Å². The molecule has 1 saturated heterocycles. The van der Waals surface area contributed by atoms with Gasteiger partial charge in [0.1, 0.15) is 5.75 Å². The van der Waals surface area contributed by atoms with E-state index in [2.05, 4.69) is 0 Å². The summed E-state index contributed by atoms with van der Waals surface area (Å²) < 4.78 is 33.6. The fourth-order valence-corrected chi connectivity index (χ4v) is 4.73. The molecule has 8 heteroatoms. The lowest BCUT2D eigenvalue weighted by atomic mass is 10.2. The number of sulfone groups is 1. The van der Waals surface area contributed by atoms with Crippen molar-refractivity contribution >= 4 is 27.8 Å². The Bertz CT molecular complexity index is 802. The average Bonchev–Trinajstić information content (AvgIpc) is 3.02. The van der Waals surface area contributed by atoms with Gasteiger partial charge in [-0.3, -0.25) is 4.79 Å². The van der Waals surface area contributed by atoms with Crippen LogP contribution in [0.4, 0.5) is 0 Å². The summed E-state index contributed by atoms with van der Waals surface area (Å²) in [6, 6.07) is 6.85. The highest BCUT2D eigenvalue weighted by molar-refractivity contribution is 7.91. The maximum atomic E-state index is 12.4. The molecule has 27 heavy (non-hydrogen) atoms. The number of methoxy groups -OCH3 is 1. The highest BCUT2D eigenvalue weighted by atomic mass is 32.2. The molecule has 1 aromatic carbocycles. The second-order valence-electron chi connectivity index (χ2n) is 6.33. The van der Waals surface area contributed by atoms with Gasteiger partial charge in [0, 0.05) is 24.2 Å². The molecule has 0 bridgehead atoms. The first-order chi connectivity index (χ1) is 12.9. The van der Waals surface area contributed by atoms with Gasteiger partial charge in [0.25, 0.3) is 5.91 Å². The van der Waals surface area contributed by atoms with Crippen LogP contribution in [0.2, 0.25) is 0 Å². The van der Waals surface area contributed by atoms with E-state index in [0.717, 1.165) is 0 Å². The summed E-state index contributed by atoms with van der Waals surface area (Å²) in [5, 5.41) is 0. The summed E-state index contributed by atoms with van der Waals surface area (Å²) in [5.74, 6) is -0.343. The second-order valence-corrected chi connectivity index (χ2v) is 8.56. The number of para-hydroxylation sites is 1. The Kier molecular flexibility index (Phi) is 7.41. The number of nitrogens with zero attached hydrogens (tertiary/aromatic N) is 1. The standard InChI is InChI=1S/C19H25NO6S/c1-3-11-20(16-10-12-27(23,24)14-16)18(21)13-26-19(22)9-8-15-6-4-5-7-17(15)25-2/h4-9,16H,3,10-14H2,1-2H3/b9-8+/t16-/m1/s1. The minimum absolute atomic E-state index is 0.0274. The Hall–Kier alpha value is -2.35. The maximum Gasteiger partial charge on any atom is 0.331 e. The molecule has 1 atom stereocenters. The number of carbonyl (C=O) groups excluding carboxylic acids is 2. The number of carbonyl (C=O) groups is 2. The van der Waals surface area contributed by atoms with Gasteiger partial charge in [-0.25, -0.2) is 13.2 Å². The summed E-state index contributed by atoms with van der Waals surface area (Å²) >= 11 is 0. The number of hydrogen-bond donors (Lipinski definition) is 0. The first-order valence-corrected chi connectivity index (χ1v) is 10.7. The third-order valence-corrected chi connectivity index (χ3v) is 6.06. The highest BCUT2D eigenvalue weighted by Gasteiger charge is 2.34. The SMILES string of the molecule is CCCN(C(=O)COC(=O)/C=C/c1ccccc1OC)[C@@H]1CCS(=O)(=O)C1. The number of rotatable bonds is 8. The van der Waals surface area contributed by atoms with E-state index in [0.29, 0.717) is 30.7 Å². The molecule has 0 unspecified atom stereocenters. The molecule has 148 valence electrons. The van der Waals surface area contributed by atoms with Gasteiger partial charge in [-0.2, -0.15) is 0 Å². The van der Waals surface area contributed by atoms with Crippen molar-refractivity contribution in [3.8, 4) is 5.75 Å². The Morgan fingerprint density at radius 1 is 1.30 bits per heavy atom. The van der Waals surface area contributed by atoms with Crippen LogP contribution >= 0.6 is 0 Å². The Morgan fingerprint density at radius 3 is 2.67 bits per heavy atom. The van der Waals surface area contributed by atoms with Crippen molar-refractivity contribution in [2.75, 3.05) is 31.8 Å². The monoisotopic (exact) mass is 395 g/mol. The van der Waals surface area contributed by atoms with Crippen LogP contribution in [0.1, 0.15) is 25.3 Å². The molecular weight excluding hydrogens is 370 g/mol. The average molecular weight is 395 g/mol. The topological polar surface area (TPSA) is 90.0 Å². The lowest BCUT2D eigenvalue weighted by Crippen LogP contribution is -2.43. The third-order valence-electron chi connectivity index (χ3n) is 4.31. The van der Waals surface area contributed by atoms with Crippen LogP contribution in [0.25, 0.3) is 6.08 Å². The number of amides is 1. The van der Waals surface area contributed by atoms with Gasteiger partial charge in [-0.1, -0.05) is 25.1 Å². The summed E-state index contributed by atoms with van der Waals surface area (Å²) in [7, 11) is -1.56. The number of benzene rings is 1. The van der Waals surface area contributed by atoms with Crippen LogP contribution in [0.15, 0.2) is 30.3 Å². The zero-order valence-electron chi connectivity index (χ0n) is 15.6. The van der Waals surface area contributed by atoms with E-state index in [1.165, 1.54) is 18.1 Å². The lowest BCUT2D eigenvalue weighted by Gasteiger charge is -2.27. The van der Waals surface area contributed by atoms with E-state index >= 15 is 0 Å². The van der Waals surface area contributed by atoms with Crippen molar-refractivity contribution < 1.29 is 27.5 Å².